The van der Waals surface area contributed by atoms with E-state index in [4.69, 9.17) is 0 Å². The van der Waals surface area contributed by atoms with Crippen LogP contribution in [-0.2, 0) is 6.54 Å². The number of rotatable bonds is 3. The Kier molecular flexibility index (Phi) is 3.52. The van der Waals surface area contributed by atoms with E-state index in [1.165, 1.54) is 27.1 Å². The van der Waals surface area contributed by atoms with Gasteiger partial charge in [0.05, 0.1) is 0 Å². The van der Waals surface area contributed by atoms with Crippen molar-refractivity contribution in [1.29, 1.82) is 0 Å². The molecule has 3 heteroatoms. The fourth-order valence-corrected chi connectivity index (χ4v) is 2.55. The summed E-state index contributed by atoms with van der Waals surface area (Å²) in [6.07, 6.45) is 0. The van der Waals surface area contributed by atoms with Gasteiger partial charge in [0.25, 0.3) is 0 Å². The number of thioether (sulfide) groups is 1. The minimum absolute atomic E-state index is 0.735. The molecule has 0 unspecified atom stereocenters. The van der Waals surface area contributed by atoms with Crippen LogP contribution in [-0.4, -0.2) is 17.5 Å². The van der Waals surface area contributed by atoms with Crippen molar-refractivity contribution in [3.05, 3.63) is 33.8 Å². The first-order valence-corrected chi connectivity index (χ1v) is 6.76. The largest absolute Gasteiger partial charge is 0.308 e. The van der Waals surface area contributed by atoms with Gasteiger partial charge < -0.3 is 5.32 Å². The lowest BCUT2D eigenvalue weighted by atomic mass is 10.1. The first kappa shape index (κ1) is 10.5. The Morgan fingerprint density at radius 1 is 1.50 bits per heavy atom. The van der Waals surface area contributed by atoms with Gasteiger partial charge >= 0.3 is 0 Å². The number of halogens is 1. The fourth-order valence-electron chi connectivity index (χ4n) is 1.44. The Hall–Kier alpha value is 0.01000. The van der Waals surface area contributed by atoms with E-state index >= 15 is 0 Å². The molecule has 0 spiro atoms. The predicted molar refractivity (Wildman–Crippen MR) is 66.8 cm³/mol. The van der Waals surface area contributed by atoms with Crippen molar-refractivity contribution in [3.63, 3.8) is 0 Å². The summed E-state index contributed by atoms with van der Waals surface area (Å²) >= 11 is 5.52. The summed E-state index contributed by atoms with van der Waals surface area (Å²) in [6, 6.07) is 7.20. The third kappa shape index (κ3) is 2.53. The maximum atomic E-state index is 3.56. The predicted octanol–water partition coefficient (Wildman–Crippen LogP) is 2.96. The monoisotopic (exact) mass is 271 g/mol. The molecule has 0 bridgehead atoms. The Labute approximate surface area is 97.8 Å². The molecule has 1 aliphatic heterocycles. The second kappa shape index (κ2) is 4.69. The molecular formula is C11H14BrNS. The summed E-state index contributed by atoms with van der Waals surface area (Å²) < 4.78 is 1.17. The average Bonchev–Trinajstić information content (AvgIpc) is 2.08. The lowest BCUT2D eigenvalue weighted by Gasteiger charge is -2.26. The normalized spacial score (nSPS) is 16.7. The molecule has 0 amide bonds. The summed E-state index contributed by atoms with van der Waals surface area (Å²) in [5, 5.41) is 3.56. The molecular weight excluding hydrogens is 258 g/mol. The molecule has 1 N–H and O–H groups in total. The molecule has 1 saturated heterocycles. The van der Waals surface area contributed by atoms with Gasteiger partial charge in [-0.25, -0.2) is 0 Å². The highest BCUT2D eigenvalue weighted by Crippen LogP contribution is 2.19. The lowest BCUT2D eigenvalue weighted by molar-refractivity contribution is 0.582. The molecule has 1 fully saturated rings. The summed E-state index contributed by atoms with van der Waals surface area (Å²) in [5.41, 5.74) is 2.77. The number of nitrogens with one attached hydrogen (secondary N) is 1. The number of hydrogen-bond donors (Lipinski definition) is 1. The quantitative estimate of drug-likeness (QED) is 0.908. The molecule has 1 nitrogen and oxygen atoms in total. The standard InChI is InChI=1S/C11H14BrNS/c1-8-2-3-10(12)4-9(8)5-13-11-6-14-7-11/h2-4,11,13H,5-7H2,1H3. The topological polar surface area (TPSA) is 12.0 Å². The van der Waals surface area contributed by atoms with E-state index in [9.17, 15) is 0 Å². The molecule has 0 atom stereocenters. The summed E-state index contributed by atoms with van der Waals surface area (Å²) in [6.45, 7) is 3.16. The maximum Gasteiger partial charge on any atom is 0.0252 e. The van der Waals surface area contributed by atoms with Crippen LogP contribution in [0.4, 0.5) is 0 Å². The van der Waals surface area contributed by atoms with Crippen LogP contribution in [0.2, 0.25) is 0 Å². The van der Waals surface area contributed by atoms with Crippen LogP contribution < -0.4 is 5.32 Å². The highest BCUT2D eigenvalue weighted by molar-refractivity contribution is 9.10. The molecule has 1 aromatic carbocycles. The van der Waals surface area contributed by atoms with E-state index < -0.39 is 0 Å². The van der Waals surface area contributed by atoms with Crippen LogP contribution in [0.1, 0.15) is 11.1 Å². The van der Waals surface area contributed by atoms with Crippen LogP contribution in [0.3, 0.4) is 0 Å². The third-order valence-electron chi connectivity index (χ3n) is 2.53. The van der Waals surface area contributed by atoms with Crippen LogP contribution in [0.5, 0.6) is 0 Å². The highest BCUT2D eigenvalue weighted by Gasteiger charge is 2.16. The van der Waals surface area contributed by atoms with E-state index in [0.29, 0.717) is 0 Å². The molecule has 1 aliphatic rings. The van der Waals surface area contributed by atoms with Gasteiger partial charge in [-0.1, -0.05) is 22.0 Å². The van der Waals surface area contributed by atoms with Crippen LogP contribution in [0.25, 0.3) is 0 Å². The Bertz CT molecular complexity index is 323. The summed E-state index contributed by atoms with van der Waals surface area (Å²) in [5.74, 6) is 2.54. The van der Waals surface area contributed by atoms with Crippen molar-refractivity contribution in [2.24, 2.45) is 0 Å². The zero-order chi connectivity index (χ0) is 9.97. The Balaban J connectivity index is 1.96. The Morgan fingerprint density at radius 3 is 2.93 bits per heavy atom. The van der Waals surface area contributed by atoms with Gasteiger partial charge in [-0.2, -0.15) is 11.8 Å². The molecule has 0 radical (unpaired) electrons. The van der Waals surface area contributed by atoms with Gasteiger partial charge in [-0.15, -0.1) is 0 Å². The third-order valence-corrected chi connectivity index (χ3v) is 4.30. The fraction of sp³-hybridized carbons (Fsp3) is 0.455. The average molecular weight is 272 g/mol. The number of benzene rings is 1. The van der Waals surface area contributed by atoms with Crippen molar-refractivity contribution in [3.8, 4) is 0 Å². The molecule has 0 aliphatic carbocycles. The first-order chi connectivity index (χ1) is 6.75. The second-order valence-electron chi connectivity index (χ2n) is 3.69. The zero-order valence-electron chi connectivity index (χ0n) is 8.22. The van der Waals surface area contributed by atoms with Crippen LogP contribution in [0.15, 0.2) is 22.7 Å². The van der Waals surface area contributed by atoms with Gasteiger partial charge in [0, 0.05) is 28.6 Å². The van der Waals surface area contributed by atoms with E-state index in [2.05, 4.69) is 46.4 Å². The van der Waals surface area contributed by atoms with Gasteiger partial charge in [-0.05, 0) is 30.2 Å². The van der Waals surface area contributed by atoms with Crippen molar-refractivity contribution in [2.75, 3.05) is 11.5 Å². The molecule has 1 aromatic rings. The zero-order valence-corrected chi connectivity index (χ0v) is 10.6. The van der Waals surface area contributed by atoms with Crippen molar-refractivity contribution < 1.29 is 0 Å². The van der Waals surface area contributed by atoms with Crippen molar-refractivity contribution in [1.82, 2.24) is 5.32 Å². The van der Waals surface area contributed by atoms with Crippen LogP contribution in [0, 0.1) is 6.92 Å². The van der Waals surface area contributed by atoms with E-state index in [1.54, 1.807) is 0 Å². The van der Waals surface area contributed by atoms with Gasteiger partial charge in [-0.3, -0.25) is 0 Å². The molecule has 76 valence electrons. The smallest absolute Gasteiger partial charge is 0.0252 e. The SMILES string of the molecule is Cc1ccc(Br)cc1CNC1CSC1. The van der Waals surface area contributed by atoms with Crippen molar-refractivity contribution >= 4 is 27.7 Å². The van der Waals surface area contributed by atoms with E-state index in [0.717, 1.165) is 12.6 Å². The second-order valence-corrected chi connectivity index (χ2v) is 5.68. The molecule has 14 heavy (non-hydrogen) atoms. The van der Waals surface area contributed by atoms with Gasteiger partial charge in [0.1, 0.15) is 0 Å². The maximum absolute atomic E-state index is 3.56. The Morgan fingerprint density at radius 2 is 2.29 bits per heavy atom. The van der Waals surface area contributed by atoms with Crippen molar-refractivity contribution in [2.45, 2.75) is 19.5 Å². The molecule has 0 saturated carbocycles. The minimum atomic E-state index is 0.735. The summed E-state index contributed by atoms with van der Waals surface area (Å²) in [7, 11) is 0. The molecule has 2 rings (SSSR count). The van der Waals surface area contributed by atoms with E-state index in [-0.39, 0.29) is 0 Å². The van der Waals surface area contributed by atoms with Gasteiger partial charge in [0.2, 0.25) is 0 Å². The highest BCUT2D eigenvalue weighted by atomic mass is 79.9. The minimum Gasteiger partial charge on any atom is -0.308 e. The molecule has 1 heterocycles. The number of aryl methyl sites for hydroxylation is 1. The number of hydrogen-bond acceptors (Lipinski definition) is 2. The lowest BCUT2D eigenvalue weighted by Crippen LogP contribution is -2.39. The van der Waals surface area contributed by atoms with Crippen LogP contribution >= 0.6 is 27.7 Å². The molecule has 0 aromatic heterocycles. The summed E-state index contributed by atoms with van der Waals surface area (Å²) in [4.78, 5) is 0. The van der Waals surface area contributed by atoms with Gasteiger partial charge in [0.15, 0.2) is 0 Å². The first-order valence-electron chi connectivity index (χ1n) is 4.82. The van der Waals surface area contributed by atoms with E-state index in [1.807, 2.05) is 11.8 Å².